The number of hydrogen-bond acceptors (Lipinski definition) is 4. The summed E-state index contributed by atoms with van der Waals surface area (Å²) in [6.07, 6.45) is 0. The second-order valence-electron chi connectivity index (χ2n) is 7.08. The van der Waals surface area contributed by atoms with Crippen molar-refractivity contribution in [2.75, 3.05) is 7.11 Å². The van der Waals surface area contributed by atoms with E-state index in [9.17, 15) is 9.59 Å². The number of rotatable bonds is 5. The average molecular weight is 469 g/mol. The molecule has 30 heavy (non-hydrogen) atoms. The van der Waals surface area contributed by atoms with Crippen LogP contribution in [0.4, 0.5) is 0 Å². The molecule has 4 aromatic rings. The van der Waals surface area contributed by atoms with Crippen LogP contribution in [0.5, 0.6) is 5.75 Å². The summed E-state index contributed by atoms with van der Waals surface area (Å²) >= 11 is 3.45. The summed E-state index contributed by atoms with van der Waals surface area (Å²) in [6, 6.07) is 14.2. The number of ether oxygens (including phenoxy) is 1. The summed E-state index contributed by atoms with van der Waals surface area (Å²) in [5, 5.41) is 3.82. The minimum Gasteiger partial charge on any atom is -0.496 e. The third-order valence-electron chi connectivity index (χ3n) is 5.13. The third-order valence-corrected chi connectivity index (χ3v) is 5.63. The molecule has 1 amide bonds. The molecule has 2 aromatic carbocycles. The summed E-state index contributed by atoms with van der Waals surface area (Å²) in [4.78, 5) is 29.3. The zero-order valence-electron chi connectivity index (χ0n) is 16.8. The molecule has 0 saturated heterocycles. The van der Waals surface area contributed by atoms with Gasteiger partial charge < -0.3 is 10.1 Å². The van der Waals surface area contributed by atoms with E-state index < -0.39 is 6.04 Å². The number of methoxy groups -OCH3 is 1. The summed E-state index contributed by atoms with van der Waals surface area (Å²) in [5.41, 5.74) is 2.67. The van der Waals surface area contributed by atoms with E-state index in [2.05, 4.69) is 26.2 Å². The van der Waals surface area contributed by atoms with Gasteiger partial charge in [0.25, 0.3) is 5.56 Å². The SMILES string of the molecule is COc1ccc(Br)cc1CNC(=O)C(C)n1c2ccccc2c2nc(=O)cc(C)n21. The van der Waals surface area contributed by atoms with E-state index in [4.69, 9.17) is 4.74 Å². The van der Waals surface area contributed by atoms with E-state index >= 15 is 0 Å². The Labute approximate surface area is 181 Å². The monoisotopic (exact) mass is 468 g/mol. The Kier molecular flexibility index (Phi) is 5.34. The number of carbonyl (C=O) groups is 1. The summed E-state index contributed by atoms with van der Waals surface area (Å²) in [7, 11) is 1.60. The molecular formula is C22H21BrN4O3. The molecule has 7 nitrogen and oxygen atoms in total. The maximum absolute atomic E-state index is 13.1. The number of aromatic nitrogens is 3. The van der Waals surface area contributed by atoms with E-state index in [1.807, 2.05) is 65.5 Å². The molecule has 1 N–H and O–H groups in total. The Balaban J connectivity index is 1.72. The van der Waals surface area contributed by atoms with Gasteiger partial charge in [0, 0.05) is 33.7 Å². The van der Waals surface area contributed by atoms with Crippen molar-refractivity contribution in [2.45, 2.75) is 26.4 Å². The van der Waals surface area contributed by atoms with Gasteiger partial charge >= 0.3 is 0 Å². The lowest BCUT2D eigenvalue weighted by molar-refractivity contribution is -0.124. The number of halogens is 1. The molecule has 154 valence electrons. The molecule has 0 spiro atoms. The maximum Gasteiger partial charge on any atom is 0.273 e. The molecule has 0 saturated carbocycles. The predicted octanol–water partition coefficient (Wildman–Crippen LogP) is 3.61. The van der Waals surface area contributed by atoms with Crippen molar-refractivity contribution in [2.24, 2.45) is 0 Å². The number of benzene rings is 2. The lowest BCUT2D eigenvalue weighted by Crippen LogP contribution is -2.32. The van der Waals surface area contributed by atoms with Crippen molar-refractivity contribution < 1.29 is 9.53 Å². The Morgan fingerprint density at radius 2 is 2.00 bits per heavy atom. The number of nitrogens with zero attached hydrogens (tertiary/aromatic N) is 3. The highest BCUT2D eigenvalue weighted by Gasteiger charge is 2.22. The van der Waals surface area contributed by atoms with Gasteiger partial charge in [0.1, 0.15) is 11.8 Å². The molecule has 1 unspecified atom stereocenters. The lowest BCUT2D eigenvalue weighted by Gasteiger charge is -2.18. The van der Waals surface area contributed by atoms with Gasteiger partial charge in [0.2, 0.25) is 5.91 Å². The van der Waals surface area contributed by atoms with Crippen LogP contribution in [0.1, 0.15) is 24.2 Å². The minimum atomic E-state index is -0.534. The first-order chi connectivity index (χ1) is 14.4. The van der Waals surface area contributed by atoms with Gasteiger partial charge in [-0.1, -0.05) is 28.1 Å². The minimum absolute atomic E-state index is 0.155. The molecule has 0 aliphatic heterocycles. The first kappa shape index (κ1) is 20.2. The summed E-state index contributed by atoms with van der Waals surface area (Å²) in [6.45, 7) is 3.99. The summed E-state index contributed by atoms with van der Waals surface area (Å²) in [5.74, 6) is 0.554. The van der Waals surface area contributed by atoms with Crippen LogP contribution in [-0.2, 0) is 11.3 Å². The van der Waals surface area contributed by atoms with Crippen molar-refractivity contribution in [3.05, 3.63) is 74.6 Å². The van der Waals surface area contributed by atoms with Crippen LogP contribution in [0.25, 0.3) is 16.6 Å². The molecule has 2 aromatic heterocycles. The van der Waals surface area contributed by atoms with Crippen LogP contribution in [0.15, 0.2) is 57.8 Å². The highest BCUT2D eigenvalue weighted by atomic mass is 79.9. The van der Waals surface area contributed by atoms with Gasteiger partial charge in [0.15, 0.2) is 5.65 Å². The Hall–Kier alpha value is -3.13. The van der Waals surface area contributed by atoms with Crippen molar-refractivity contribution in [1.29, 1.82) is 0 Å². The van der Waals surface area contributed by atoms with Crippen LogP contribution in [-0.4, -0.2) is 27.2 Å². The normalized spacial score (nSPS) is 12.3. The van der Waals surface area contributed by atoms with Crippen molar-refractivity contribution in [3.8, 4) is 5.75 Å². The number of hydrogen-bond donors (Lipinski definition) is 1. The number of amides is 1. The van der Waals surface area contributed by atoms with E-state index in [0.717, 1.165) is 26.6 Å². The molecule has 0 aliphatic rings. The second-order valence-corrected chi connectivity index (χ2v) is 8.00. The lowest BCUT2D eigenvalue weighted by atomic mass is 10.2. The first-order valence-corrected chi connectivity index (χ1v) is 10.3. The molecule has 2 heterocycles. The first-order valence-electron chi connectivity index (χ1n) is 9.50. The van der Waals surface area contributed by atoms with Crippen molar-refractivity contribution in [3.63, 3.8) is 0 Å². The maximum atomic E-state index is 13.1. The highest BCUT2D eigenvalue weighted by Crippen LogP contribution is 2.26. The van der Waals surface area contributed by atoms with Crippen molar-refractivity contribution >= 4 is 38.4 Å². The largest absolute Gasteiger partial charge is 0.496 e. The third kappa shape index (κ3) is 3.47. The summed E-state index contributed by atoms with van der Waals surface area (Å²) < 4.78 is 10.0. The van der Waals surface area contributed by atoms with Crippen LogP contribution < -0.4 is 15.6 Å². The van der Waals surface area contributed by atoms with E-state index in [-0.39, 0.29) is 11.5 Å². The number of para-hydroxylation sites is 1. The molecular weight excluding hydrogens is 448 g/mol. The Morgan fingerprint density at radius 3 is 2.77 bits per heavy atom. The predicted molar refractivity (Wildman–Crippen MR) is 119 cm³/mol. The van der Waals surface area contributed by atoms with E-state index in [1.165, 1.54) is 6.07 Å². The molecule has 4 rings (SSSR count). The van der Waals surface area contributed by atoms with Gasteiger partial charge in [-0.05, 0) is 44.2 Å². The molecule has 0 radical (unpaired) electrons. The van der Waals surface area contributed by atoms with Gasteiger partial charge in [0.05, 0.1) is 12.6 Å². The number of aryl methyl sites for hydroxylation is 1. The quantitative estimate of drug-likeness (QED) is 0.485. The molecule has 0 bridgehead atoms. The van der Waals surface area contributed by atoms with Gasteiger partial charge in [-0.15, -0.1) is 0 Å². The standard InChI is InChI=1S/C22H21BrN4O3/c1-13-10-20(28)25-21-17-6-4-5-7-18(17)27(26(13)21)14(2)22(29)24-12-15-11-16(23)8-9-19(15)30-3/h4-11,14H,12H2,1-3H3,(H,24,29). The van der Waals surface area contributed by atoms with Gasteiger partial charge in [-0.25, -0.2) is 4.52 Å². The zero-order chi connectivity index (χ0) is 21.4. The topological polar surface area (TPSA) is 77.6 Å². The zero-order valence-corrected chi connectivity index (χ0v) is 18.4. The fraction of sp³-hybridized carbons (Fsp3) is 0.227. The molecule has 8 heteroatoms. The number of nitrogens with one attached hydrogen (secondary N) is 1. The smallest absolute Gasteiger partial charge is 0.273 e. The van der Waals surface area contributed by atoms with Gasteiger partial charge in [-0.3, -0.25) is 14.3 Å². The van der Waals surface area contributed by atoms with Crippen LogP contribution in [0, 0.1) is 6.92 Å². The Bertz CT molecular complexity index is 1330. The van der Waals surface area contributed by atoms with Crippen LogP contribution >= 0.6 is 15.9 Å². The number of carbonyl (C=O) groups excluding carboxylic acids is 1. The van der Waals surface area contributed by atoms with Gasteiger partial charge in [-0.2, -0.15) is 4.98 Å². The number of fused-ring (bicyclic) bond motifs is 3. The highest BCUT2D eigenvalue weighted by molar-refractivity contribution is 9.10. The fourth-order valence-electron chi connectivity index (χ4n) is 3.72. The fourth-order valence-corrected chi connectivity index (χ4v) is 4.12. The molecule has 1 atom stereocenters. The van der Waals surface area contributed by atoms with E-state index in [0.29, 0.717) is 17.9 Å². The second kappa shape index (κ2) is 7.95. The molecule has 0 aliphatic carbocycles. The Morgan fingerprint density at radius 1 is 1.23 bits per heavy atom. The van der Waals surface area contributed by atoms with E-state index in [1.54, 1.807) is 7.11 Å². The van der Waals surface area contributed by atoms with Crippen molar-refractivity contribution in [1.82, 2.24) is 19.5 Å². The van der Waals surface area contributed by atoms with Crippen LogP contribution in [0.2, 0.25) is 0 Å². The van der Waals surface area contributed by atoms with Crippen LogP contribution in [0.3, 0.4) is 0 Å². The average Bonchev–Trinajstić information content (AvgIpc) is 3.06. The molecule has 0 fully saturated rings.